The molecule has 4 rings (SSSR count). The van der Waals surface area contributed by atoms with Crippen LogP contribution in [0.15, 0.2) is 65.6 Å². The molecule has 2 N–H and O–H groups in total. The molecule has 6 heteroatoms. The van der Waals surface area contributed by atoms with Crippen LogP contribution in [0.4, 0.5) is 11.4 Å². The van der Waals surface area contributed by atoms with E-state index < -0.39 is 6.10 Å². The van der Waals surface area contributed by atoms with Gasteiger partial charge in [0.1, 0.15) is 5.75 Å². The van der Waals surface area contributed by atoms with Gasteiger partial charge in [-0.3, -0.25) is 9.59 Å². The molecule has 3 aromatic rings. The maximum Gasteiger partial charge on any atom is 0.265 e. The minimum Gasteiger partial charge on any atom is -0.479 e. The number of amides is 2. The summed E-state index contributed by atoms with van der Waals surface area (Å²) < 4.78 is 5.52. The Hall–Kier alpha value is -2.99. The van der Waals surface area contributed by atoms with Crippen LogP contribution in [-0.4, -0.2) is 23.7 Å². The number of benzene rings is 3. The minimum absolute atomic E-state index is 0.107. The van der Waals surface area contributed by atoms with E-state index >= 15 is 0 Å². The molecule has 3 aromatic carbocycles. The van der Waals surface area contributed by atoms with Gasteiger partial charge >= 0.3 is 0 Å². The van der Waals surface area contributed by atoms with Gasteiger partial charge in [0.15, 0.2) is 6.10 Å². The predicted octanol–water partition coefficient (Wildman–Crippen LogP) is 4.29. The van der Waals surface area contributed by atoms with Gasteiger partial charge in [0.25, 0.3) is 5.91 Å². The van der Waals surface area contributed by atoms with E-state index in [-0.39, 0.29) is 11.8 Å². The molecule has 0 fully saturated rings. The molecule has 0 saturated heterocycles. The molecule has 0 bridgehead atoms. The van der Waals surface area contributed by atoms with Gasteiger partial charge in [-0.15, -0.1) is 11.8 Å². The maximum absolute atomic E-state index is 12.3. The molecule has 0 unspecified atom stereocenters. The fraction of sp³-hybridized carbons (Fsp3) is 0.143. The number of nitrogens with one attached hydrogen (secondary N) is 2. The van der Waals surface area contributed by atoms with Crippen LogP contribution >= 0.6 is 11.8 Å². The first-order chi connectivity index (χ1) is 13.1. The molecule has 1 atom stereocenters. The van der Waals surface area contributed by atoms with Gasteiger partial charge in [0.2, 0.25) is 5.91 Å². The minimum atomic E-state index is -0.517. The Morgan fingerprint density at radius 3 is 2.78 bits per heavy atom. The fourth-order valence-corrected chi connectivity index (χ4v) is 3.63. The molecule has 136 valence electrons. The lowest BCUT2D eigenvalue weighted by atomic mass is 10.1. The summed E-state index contributed by atoms with van der Waals surface area (Å²) in [6.07, 6.45) is -0.517. The highest BCUT2D eigenvalue weighted by atomic mass is 32.2. The monoisotopic (exact) mass is 378 g/mol. The SMILES string of the molecule is C[C@@H]1Oc2ccc(NC(=O)CSc3ccc4ccccc4c3)cc2NC1=O. The molecule has 1 aliphatic heterocycles. The van der Waals surface area contributed by atoms with Crippen LogP contribution in [0.1, 0.15) is 6.92 Å². The second-order valence-electron chi connectivity index (χ2n) is 6.31. The van der Waals surface area contributed by atoms with Crippen molar-refractivity contribution in [3.8, 4) is 5.75 Å². The molecular weight excluding hydrogens is 360 g/mol. The number of fused-ring (bicyclic) bond motifs is 2. The third-order valence-corrected chi connectivity index (χ3v) is 5.28. The topological polar surface area (TPSA) is 67.4 Å². The van der Waals surface area contributed by atoms with E-state index in [0.29, 0.717) is 22.9 Å². The average molecular weight is 378 g/mol. The first-order valence-electron chi connectivity index (χ1n) is 8.61. The van der Waals surface area contributed by atoms with Crippen LogP contribution < -0.4 is 15.4 Å². The van der Waals surface area contributed by atoms with Gasteiger partial charge < -0.3 is 15.4 Å². The van der Waals surface area contributed by atoms with E-state index in [4.69, 9.17) is 4.74 Å². The fourth-order valence-electron chi connectivity index (χ4n) is 2.89. The lowest BCUT2D eigenvalue weighted by Gasteiger charge is -2.23. The van der Waals surface area contributed by atoms with Gasteiger partial charge in [0, 0.05) is 10.6 Å². The highest BCUT2D eigenvalue weighted by Crippen LogP contribution is 2.32. The molecule has 0 radical (unpaired) electrons. The zero-order valence-electron chi connectivity index (χ0n) is 14.7. The summed E-state index contributed by atoms with van der Waals surface area (Å²) in [4.78, 5) is 25.0. The van der Waals surface area contributed by atoms with Crippen molar-refractivity contribution in [2.75, 3.05) is 16.4 Å². The number of anilines is 2. The molecule has 0 spiro atoms. The molecule has 0 aliphatic carbocycles. The number of carbonyl (C=O) groups is 2. The molecular formula is C21H18N2O3S. The number of rotatable bonds is 4. The number of thioether (sulfide) groups is 1. The Morgan fingerprint density at radius 2 is 1.93 bits per heavy atom. The van der Waals surface area contributed by atoms with Gasteiger partial charge in [-0.25, -0.2) is 0 Å². The standard InChI is InChI=1S/C21H18N2O3S/c1-13-21(25)23-18-11-16(7-9-19(18)26-13)22-20(24)12-27-17-8-6-14-4-2-3-5-15(14)10-17/h2-11,13H,12H2,1H3,(H,22,24)(H,23,25)/t13-/m0/s1. The van der Waals surface area contributed by atoms with Crippen LogP contribution in [0, 0.1) is 0 Å². The van der Waals surface area contributed by atoms with E-state index in [1.54, 1.807) is 25.1 Å². The number of carbonyl (C=O) groups excluding carboxylic acids is 2. The Bertz CT molecular complexity index is 1030. The van der Waals surface area contributed by atoms with Gasteiger partial charge in [0.05, 0.1) is 11.4 Å². The van der Waals surface area contributed by atoms with Crippen molar-refractivity contribution in [1.29, 1.82) is 0 Å². The van der Waals surface area contributed by atoms with Crippen LogP contribution in [0.3, 0.4) is 0 Å². The van der Waals surface area contributed by atoms with E-state index in [1.165, 1.54) is 17.1 Å². The number of hydrogen-bond acceptors (Lipinski definition) is 4. The van der Waals surface area contributed by atoms with Crippen molar-refractivity contribution in [3.63, 3.8) is 0 Å². The largest absolute Gasteiger partial charge is 0.479 e. The lowest BCUT2D eigenvalue weighted by Crippen LogP contribution is -2.34. The number of hydrogen-bond donors (Lipinski definition) is 2. The summed E-state index contributed by atoms with van der Waals surface area (Å²) in [5.74, 6) is 0.600. The van der Waals surface area contributed by atoms with Crippen molar-refractivity contribution in [1.82, 2.24) is 0 Å². The van der Waals surface area contributed by atoms with Crippen LogP contribution in [0.25, 0.3) is 10.8 Å². The van der Waals surface area contributed by atoms with Crippen molar-refractivity contribution in [2.45, 2.75) is 17.9 Å². The first-order valence-corrected chi connectivity index (χ1v) is 9.60. The average Bonchev–Trinajstić information content (AvgIpc) is 2.67. The third kappa shape index (κ3) is 3.90. The normalized spacial score (nSPS) is 15.6. The summed E-state index contributed by atoms with van der Waals surface area (Å²) in [6.45, 7) is 1.69. The highest BCUT2D eigenvalue weighted by Gasteiger charge is 2.23. The summed E-state index contributed by atoms with van der Waals surface area (Å²) in [5, 5.41) is 7.97. The Morgan fingerprint density at radius 1 is 1.11 bits per heavy atom. The van der Waals surface area contributed by atoms with Crippen molar-refractivity contribution in [2.24, 2.45) is 0 Å². The van der Waals surface area contributed by atoms with Gasteiger partial charge in [-0.1, -0.05) is 30.3 Å². The van der Waals surface area contributed by atoms with Gasteiger partial charge in [-0.05, 0) is 48.0 Å². The van der Waals surface area contributed by atoms with Crippen molar-refractivity contribution < 1.29 is 14.3 Å². The number of ether oxygens (including phenoxy) is 1. The van der Waals surface area contributed by atoms with E-state index in [1.807, 2.05) is 18.2 Å². The van der Waals surface area contributed by atoms with Crippen molar-refractivity contribution in [3.05, 3.63) is 60.7 Å². The zero-order valence-corrected chi connectivity index (χ0v) is 15.5. The summed E-state index contributed by atoms with van der Waals surface area (Å²) in [7, 11) is 0. The highest BCUT2D eigenvalue weighted by molar-refractivity contribution is 8.00. The quantitative estimate of drug-likeness (QED) is 0.665. The summed E-state index contributed by atoms with van der Waals surface area (Å²) >= 11 is 1.49. The molecule has 0 aromatic heterocycles. The Kier molecular flexibility index (Phi) is 4.73. The molecule has 27 heavy (non-hydrogen) atoms. The third-order valence-electron chi connectivity index (χ3n) is 4.29. The molecule has 5 nitrogen and oxygen atoms in total. The van der Waals surface area contributed by atoms with Crippen molar-refractivity contribution >= 4 is 45.7 Å². The van der Waals surface area contributed by atoms with E-state index in [0.717, 1.165) is 10.3 Å². The van der Waals surface area contributed by atoms with Crippen LogP contribution in [0.5, 0.6) is 5.75 Å². The predicted molar refractivity (Wildman–Crippen MR) is 108 cm³/mol. The summed E-state index contributed by atoms with van der Waals surface area (Å²) in [5.41, 5.74) is 1.19. The van der Waals surface area contributed by atoms with Gasteiger partial charge in [-0.2, -0.15) is 0 Å². The smallest absolute Gasteiger partial charge is 0.265 e. The van der Waals surface area contributed by atoms with Crippen LogP contribution in [-0.2, 0) is 9.59 Å². The second kappa shape index (κ2) is 7.32. The zero-order chi connectivity index (χ0) is 18.8. The molecule has 1 heterocycles. The molecule has 0 saturated carbocycles. The molecule has 2 amide bonds. The maximum atomic E-state index is 12.3. The summed E-state index contributed by atoms with van der Waals surface area (Å²) in [6, 6.07) is 19.5. The van der Waals surface area contributed by atoms with Crippen LogP contribution in [0.2, 0.25) is 0 Å². The van der Waals surface area contributed by atoms with E-state index in [2.05, 4.69) is 34.9 Å². The lowest BCUT2D eigenvalue weighted by molar-refractivity contribution is -0.122. The Labute approximate surface area is 161 Å². The first kappa shape index (κ1) is 17.4. The van der Waals surface area contributed by atoms with E-state index in [9.17, 15) is 9.59 Å². The molecule has 1 aliphatic rings. The second-order valence-corrected chi connectivity index (χ2v) is 7.35. The Balaban J connectivity index is 1.39.